The van der Waals surface area contributed by atoms with Crippen LogP contribution in [0, 0.1) is 6.92 Å². The van der Waals surface area contributed by atoms with Crippen LogP contribution < -0.4 is 5.73 Å². The molecule has 0 saturated carbocycles. The molecule has 0 amide bonds. The van der Waals surface area contributed by atoms with Crippen LogP contribution >= 0.6 is 11.6 Å². The van der Waals surface area contributed by atoms with Crippen LogP contribution in [0.15, 0.2) is 24.5 Å². The van der Waals surface area contributed by atoms with Gasteiger partial charge in [0.1, 0.15) is 5.15 Å². The predicted molar refractivity (Wildman–Crippen MR) is 91.4 cm³/mol. The number of halogens is 1. The molecule has 0 radical (unpaired) electrons. The Morgan fingerprint density at radius 2 is 2.17 bits per heavy atom. The first-order valence-electron chi connectivity index (χ1n) is 7.34. The molecule has 23 heavy (non-hydrogen) atoms. The van der Waals surface area contributed by atoms with Crippen LogP contribution in [0.5, 0.6) is 0 Å². The van der Waals surface area contributed by atoms with E-state index < -0.39 is 0 Å². The SMILES string of the molecule is COCCCn1cc(-c2ccnc(N)n2)c2cc(Cl)nc(C)c21. The Hall–Kier alpha value is -2.18. The molecule has 0 unspecified atom stereocenters. The van der Waals surface area contributed by atoms with Gasteiger partial charge >= 0.3 is 0 Å². The summed E-state index contributed by atoms with van der Waals surface area (Å²) in [5.41, 5.74) is 9.41. The van der Waals surface area contributed by atoms with Crippen molar-refractivity contribution in [3.05, 3.63) is 35.4 Å². The average Bonchev–Trinajstić information content (AvgIpc) is 2.86. The van der Waals surface area contributed by atoms with E-state index in [-0.39, 0.29) is 5.95 Å². The van der Waals surface area contributed by atoms with Crippen molar-refractivity contribution < 1.29 is 4.74 Å². The number of nitrogen functional groups attached to an aromatic ring is 1. The lowest BCUT2D eigenvalue weighted by atomic mass is 10.1. The lowest BCUT2D eigenvalue weighted by molar-refractivity contribution is 0.190. The molecule has 0 saturated heterocycles. The van der Waals surface area contributed by atoms with E-state index in [0.29, 0.717) is 11.8 Å². The lowest BCUT2D eigenvalue weighted by Gasteiger charge is -2.06. The number of nitrogens with two attached hydrogens (primary N) is 1. The zero-order valence-electron chi connectivity index (χ0n) is 13.1. The standard InChI is InChI=1S/C16H18ClN5O/c1-10-15-11(8-14(17)20-10)12(9-22(15)6-3-7-23-2)13-4-5-19-16(18)21-13/h4-5,8-9H,3,6-7H2,1-2H3,(H2,18,19,21). The zero-order chi connectivity index (χ0) is 16.4. The molecule has 3 heterocycles. The number of ether oxygens (including phenoxy) is 1. The van der Waals surface area contributed by atoms with E-state index in [9.17, 15) is 0 Å². The minimum absolute atomic E-state index is 0.250. The molecule has 0 aliphatic carbocycles. The highest BCUT2D eigenvalue weighted by Gasteiger charge is 2.15. The number of nitrogens with zero attached hydrogens (tertiary/aromatic N) is 4. The predicted octanol–water partition coefficient (Wildman–Crippen LogP) is 3.07. The summed E-state index contributed by atoms with van der Waals surface area (Å²) in [6.45, 7) is 3.49. The quantitative estimate of drug-likeness (QED) is 0.574. The molecule has 0 bridgehead atoms. The summed E-state index contributed by atoms with van der Waals surface area (Å²) in [4.78, 5) is 12.7. The number of methoxy groups -OCH3 is 1. The van der Waals surface area contributed by atoms with Gasteiger partial charge in [0.2, 0.25) is 5.95 Å². The molecule has 0 spiro atoms. The smallest absolute Gasteiger partial charge is 0.220 e. The fraction of sp³-hybridized carbons (Fsp3) is 0.312. The van der Waals surface area contributed by atoms with E-state index in [4.69, 9.17) is 22.1 Å². The van der Waals surface area contributed by atoms with E-state index in [1.54, 1.807) is 13.3 Å². The first-order valence-corrected chi connectivity index (χ1v) is 7.71. The van der Waals surface area contributed by atoms with Crippen molar-refractivity contribution in [1.29, 1.82) is 0 Å². The van der Waals surface area contributed by atoms with E-state index in [1.807, 2.05) is 19.1 Å². The molecule has 0 aliphatic rings. The Labute approximate surface area is 139 Å². The van der Waals surface area contributed by atoms with Crippen molar-refractivity contribution in [2.75, 3.05) is 19.5 Å². The van der Waals surface area contributed by atoms with Gasteiger partial charge in [0.25, 0.3) is 0 Å². The average molecular weight is 332 g/mol. The molecule has 0 fully saturated rings. The monoisotopic (exact) mass is 331 g/mol. The number of rotatable bonds is 5. The van der Waals surface area contributed by atoms with Gasteiger partial charge in [-0.3, -0.25) is 0 Å². The number of aromatic nitrogens is 4. The second kappa shape index (κ2) is 6.52. The van der Waals surface area contributed by atoms with Crippen LogP contribution in [0.4, 0.5) is 5.95 Å². The van der Waals surface area contributed by atoms with E-state index in [2.05, 4.69) is 25.7 Å². The van der Waals surface area contributed by atoms with Gasteiger partial charge in [-0.05, 0) is 25.5 Å². The lowest BCUT2D eigenvalue weighted by Crippen LogP contribution is -2.01. The van der Waals surface area contributed by atoms with E-state index in [0.717, 1.165) is 40.8 Å². The normalized spacial score (nSPS) is 11.3. The van der Waals surface area contributed by atoms with Crippen LogP contribution in [-0.2, 0) is 11.3 Å². The Balaban J connectivity index is 2.17. The van der Waals surface area contributed by atoms with Gasteiger partial charge in [-0.2, -0.15) is 0 Å². The van der Waals surface area contributed by atoms with Gasteiger partial charge in [0.15, 0.2) is 0 Å². The highest BCUT2D eigenvalue weighted by atomic mass is 35.5. The van der Waals surface area contributed by atoms with Crippen molar-refractivity contribution >= 4 is 28.5 Å². The van der Waals surface area contributed by atoms with E-state index >= 15 is 0 Å². The summed E-state index contributed by atoms with van der Waals surface area (Å²) in [6.07, 6.45) is 4.63. The van der Waals surface area contributed by atoms with Crippen LogP contribution in [0.25, 0.3) is 22.2 Å². The van der Waals surface area contributed by atoms with Gasteiger partial charge in [-0.15, -0.1) is 0 Å². The topological polar surface area (TPSA) is 78.9 Å². The van der Waals surface area contributed by atoms with Crippen LogP contribution in [0.1, 0.15) is 12.1 Å². The third-order valence-electron chi connectivity index (χ3n) is 3.70. The van der Waals surface area contributed by atoms with Crippen molar-refractivity contribution in [1.82, 2.24) is 19.5 Å². The van der Waals surface area contributed by atoms with Crippen LogP contribution in [0.2, 0.25) is 5.15 Å². The Morgan fingerprint density at radius 1 is 1.35 bits per heavy atom. The number of fused-ring (bicyclic) bond motifs is 1. The molecule has 7 heteroatoms. The van der Waals surface area contributed by atoms with Gasteiger partial charge < -0.3 is 15.0 Å². The second-order valence-corrected chi connectivity index (χ2v) is 5.70. The molecule has 3 aromatic heterocycles. The number of anilines is 1. The molecule has 0 atom stereocenters. The molecular formula is C16H18ClN5O. The number of aryl methyl sites for hydroxylation is 2. The Morgan fingerprint density at radius 3 is 2.91 bits per heavy atom. The summed E-state index contributed by atoms with van der Waals surface area (Å²) in [5.74, 6) is 0.250. The summed E-state index contributed by atoms with van der Waals surface area (Å²) < 4.78 is 7.31. The van der Waals surface area contributed by atoms with Crippen molar-refractivity contribution in [2.45, 2.75) is 19.9 Å². The molecule has 3 rings (SSSR count). The molecule has 3 aromatic rings. The summed E-state index contributed by atoms with van der Waals surface area (Å²) in [7, 11) is 1.70. The fourth-order valence-corrected chi connectivity index (χ4v) is 3.00. The Kier molecular flexibility index (Phi) is 4.45. The molecule has 2 N–H and O–H groups in total. The van der Waals surface area contributed by atoms with Gasteiger partial charge in [-0.1, -0.05) is 11.6 Å². The summed E-state index contributed by atoms with van der Waals surface area (Å²) in [6, 6.07) is 3.71. The zero-order valence-corrected chi connectivity index (χ0v) is 13.8. The minimum Gasteiger partial charge on any atom is -0.385 e. The molecular weight excluding hydrogens is 314 g/mol. The maximum Gasteiger partial charge on any atom is 0.220 e. The third kappa shape index (κ3) is 3.13. The minimum atomic E-state index is 0.250. The first kappa shape index (κ1) is 15.7. The van der Waals surface area contributed by atoms with Gasteiger partial charge in [0, 0.05) is 43.6 Å². The molecule has 6 nitrogen and oxygen atoms in total. The van der Waals surface area contributed by atoms with Crippen molar-refractivity contribution in [3.8, 4) is 11.3 Å². The third-order valence-corrected chi connectivity index (χ3v) is 3.89. The van der Waals surface area contributed by atoms with Crippen LogP contribution in [0.3, 0.4) is 0 Å². The van der Waals surface area contributed by atoms with Crippen molar-refractivity contribution in [3.63, 3.8) is 0 Å². The van der Waals surface area contributed by atoms with Crippen LogP contribution in [-0.4, -0.2) is 33.2 Å². The number of hydrogen-bond donors (Lipinski definition) is 1. The first-order chi connectivity index (χ1) is 11.1. The summed E-state index contributed by atoms with van der Waals surface area (Å²) >= 11 is 6.15. The largest absolute Gasteiger partial charge is 0.385 e. The summed E-state index contributed by atoms with van der Waals surface area (Å²) in [5, 5.41) is 1.48. The number of hydrogen-bond acceptors (Lipinski definition) is 5. The Bertz CT molecular complexity index is 846. The molecule has 120 valence electrons. The maximum absolute atomic E-state index is 6.15. The van der Waals surface area contributed by atoms with E-state index in [1.165, 1.54) is 0 Å². The van der Waals surface area contributed by atoms with Crippen molar-refractivity contribution in [2.24, 2.45) is 0 Å². The number of pyridine rings is 1. The highest BCUT2D eigenvalue weighted by Crippen LogP contribution is 2.32. The van der Waals surface area contributed by atoms with Gasteiger partial charge in [0.05, 0.1) is 16.9 Å². The second-order valence-electron chi connectivity index (χ2n) is 5.31. The highest BCUT2D eigenvalue weighted by molar-refractivity contribution is 6.30. The maximum atomic E-state index is 6.15. The molecule has 0 aromatic carbocycles. The fourth-order valence-electron chi connectivity index (χ4n) is 2.77. The van der Waals surface area contributed by atoms with Gasteiger partial charge in [-0.25, -0.2) is 15.0 Å². The molecule has 0 aliphatic heterocycles.